The Bertz CT molecular complexity index is 790. The maximum atomic E-state index is 12.5. The molecule has 0 unspecified atom stereocenters. The first-order chi connectivity index (χ1) is 13.7. The average molecular weight is 382 g/mol. The molecular formula is C22H26N2O4. The number of carbonyl (C=O) groups is 1. The van der Waals surface area contributed by atoms with Gasteiger partial charge in [0.25, 0.3) is 0 Å². The highest BCUT2D eigenvalue weighted by molar-refractivity contribution is 5.74. The van der Waals surface area contributed by atoms with Crippen LogP contribution in [-0.2, 0) is 0 Å². The van der Waals surface area contributed by atoms with E-state index in [1.165, 1.54) is 0 Å². The first kappa shape index (κ1) is 18.6. The minimum absolute atomic E-state index is 0.0879. The van der Waals surface area contributed by atoms with E-state index in [1.54, 1.807) is 0 Å². The van der Waals surface area contributed by atoms with Gasteiger partial charge in [0, 0.05) is 13.1 Å². The molecule has 2 atom stereocenters. The summed E-state index contributed by atoms with van der Waals surface area (Å²) in [5.41, 5.74) is 0.945. The van der Waals surface area contributed by atoms with Crippen LogP contribution in [0, 0.1) is 5.92 Å². The smallest absolute Gasteiger partial charge is 0.317 e. The molecule has 2 aromatic rings. The number of likely N-dealkylation sites (tertiary alicyclic amines) is 1. The Morgan fingerprint density at radius 3 is 2.50 bits per heavy atom. The molecule has 0 saturated carbocycles. The monoisotopic (exact) mass is 382 g/mol. The maximum absolute atomic E-state index is 12.5. The second kappa shape index (κ2) is 8.52. The van der Waals surface area contributed by atoms with Crippen molar-refractivity contribution in [3.63, 3.8) is 0 Å². The van der Waals surface area contributed by atoms with Gasteiger partial charge >= 0.3 is 6.03 Å². The number of aliphatic hydroxyl groups is 1. The van der Waals surface area contributed by atoms with Gasteiger partial charge in [0.1, 0.15) is 6.61 Å². The molecule has 1 saturated heterocycles. The van der Waals surface area contributed by atoms with E-state index in [2.05, 4.69) is 5.32 Å². The second-order valence-corrected chi connectivity index (χ2v) is 7.36. The van der Waals surface area contributed by atoms with Crippen LogP contribution in [0.15, 0.2) is 54.6 Å². The molecule has 0 aromatic heterocycles. The van der Waals surface area contributed by atoms with Gasteiger partial charge in [0.2, 0.25) is 0 Å². The van der Waals surface area contributed by atoms with Crippen molar-refractivity contribution in [1.82, 2.24) is 10.2 Å². The molecule has 28 heavy (non-hydrogen) atoms. The fourth-order valence-corrected chi connectivity index (χ4v) is 3.82. The fraction of sp³-hybridized carbons (Fsp3) is 0.409. The van der Waals surface area contributed by atoms with E-state index < -0.39 is 6.10 Å². The molecule has 2 aliphatic rings. The van der Waals surface area contributed by atoms with Gasteiger partial charge in [-0.2, -0.15) is 0 Å². The van der Waals surface area contributed by atoms with Crippen LogP contribution in [0.25, 0.3) is 0 Å². The highest BCUT2D eigenvalue weighted by atomic mass is 16.6. The van der Waals surface area contributed by atoms with Crippen molar-refractivity contribution in [2.45, 2.75) is 25.0 Å². The van der Waals surface area contributed by atoms with Crippen molar-refractivity contribution in [2.75, 3.05) is 26.2 Å². The molecule has 2 heterocycles. The number of hydrogen-bond donors (Lipinski definition) is 2. The van der Waals surface area contributed by atoms with Crippen LogP contribution < -0.4 is 14.8 Å². The summed E-state index contributed by atoms with van der Waals surface area (Å²) in [7, 11) is 0. The standard InChI is InChI=1S/C22H26N2O4/c25-21(16-6-2-1-3-7-16)17-10-12-24(13-11-17)22(26)23-14-18-15-27-19-8-4-5-9-20(19)28-18/h1-9,17-18,21,25H,10-15H2,(H,23,26)/t18-,21+/m1/s1. The molecule has 0 bridgehead atoms. The predicted octanol–water partition coefficient (Wildman–Crippen LogP) is 2.98. The molecule has 0 radical (unpaired) electrons. The Labute approximate surface area is 165 Å². The van der Waals surface area contributed by atoms with Gasteiger partial charge in [0.15, 0.2) is 17.6 Å². The zero-order valence-electron chi connectivity index (χ0n) is 15.8. The lowest BCUT2D eigenvalue weighted by atomic mass is 9.87. The summed E-state index contributed by atoms with van der Waals surface area (Å²) in [5.74, 6) is 1.63. The molecule has 2 amide bonds. The van der Waals surface area contributed by atoms with Crippen molar-refractivity contribution in [3.05, 3.63) is 60.2 Å². The largest absolute Gasteiger partial charge is 0.486 e. The van der Waals surface area contributed by atoms with Crippen LogP contribution in [-0.4, -0.2) is 48.4 Å². The summed E-state index contributed by atoms with van der Waals surface area (Å²) < 4.78 is 11.6. The zero-order chi connectivity index (χ0) is 19.3. The highest BCUT2D eigenvalue weighted by Crippen LogP contribution is 2.31. The van der Waals surface area contributed by atoms with E-state index in [0.717, 1.165) is 24.2 Å². The van der Waals surface area contributed by atoms with E-state index in [4.69, 9.17) is 9.47 Å². The molecule has 1 fully saturated rings. The normalized spacial score (nSPS) is 20.5. The summed E-state index contributed by atoms with van der Waals surface area (Å²) >= 11 is 0. The Morgan fingerprint density at radius 1 is 1.07 bits per heavy atom. The number of nitrogens with one attached hydrogen (secondary N) is 1. The number of aliphatic hydroxyl groups excluding tert-OH is 1. The average Bonchev–Trinajstić information content (AvgIpc) is 2.77. The Balaban J connectivity index is 1.23. The number of nitrogens with zero attached hydrogens (tertiary/aromatic N) is 1. The third-order valence-corrected chi connectivity index (χ3v) is 5.46. The van der Waals surface area contributed by atoms with Crippen LogP contribution >= 0.6 is 0 Å². The molecular weight excluding hydrogens is 356 g/mol. The molecule has 2 aromatic carbocycles. The molecule has 6 nitrogen and oxygen atoms in total. The van der Waals surface area contributed by atoms with E-state index >= 15 is 0 Å². The second-order valence-electron chi connectivity index (χ2n) is 7.36. The van der Waals surface area contributed by atoms with Crippen molar-refractivity contribution in [1.29, 1.82) is 0 Å². The Hall–Kier alpha value is -2.73. The molecule has 0 spiro atoms. The fourth-order valence-electron chi connectivity index (χ4n) is 3.82. The third kappa shape index (κ3) is 4.22. The van der Waals surface area contributed by atoms with Crippen LogP contribution in [0.5, 0.6) is 11.5 Å². The summed E-state index contributed by atoms with van der Waals surface area (Å²) in [6.45, 7) is 2.11. The summed E-state index contributed by atoms with van der Waals surface area (Å²) in [4.78, 5) is 14.3. The first-order valence-electron chi connectivity index (χ1n) is 9.85. The Morgan fingerprint density at radius 2 is 1.75 bits per heavy atom. The van der Waals surface area contributed by atoms with Crippen molar-refractivity contribution >= 4 is 6.03 Å². The number of piperidine rings is 1. The van der Waals surface area contributed by atoms with Crippen LogP contribution in [0.2, 0.25) is 0 Å². The van der Waals surface area contributed by atoms with Gasteiger partial charge in [-0.25, -0.2) is 4.79 Å². The minimum Gasteiger partial charge on any atom is -0.486 e. The summed E-state index contributed by atoms with van der Waals surface area (Å²) in [5, 5.41) is 13.5. The number of fused-ring (bicyclic) bond motifs is 1. The summed E-state index contributed by atoms with van der Waals surface area (Å²) in [6.07, 6.45) is 0.912. The van der Waals surface area contributed by atoms with Crippen molar-refractivity contribution in [3.8, 4) is 11.5 Å². The Kier molecular flexibility index (Phi) is 5.67. The maximum Gasteiger partial charge on any atom is 0.317 e. The van der Waals surface area contributed by atoms with Crippen LogP contribution in [0.4, 0.5) is 4.79 Å². The lowest BCUT2D eigenvalue weighted by Gasteiger charge is -2.35. The van der Waals surface area contributed by atoms with Crippen LogP contribution in [0.3, 0.4) is 0 Å². The SMILES string of the molecule is O=C(NC[C@@H]1COc2ccccc2O1)N1CCC([C@@H](O)c2ccccc2)CC1. The predicted molar refractivity (Wildman–Crippen MR) is 105 cm³/mol. The topological polar surface area (TPSA) is 71.0 Å². The van der Waals surface area contributed by atoms with E-state index in [-0.39, 0.29) is 18.1 Å². The van der Waals surface area contributed by atoms with Gasteiger partial charge in [-0.05, 0) is 36.5 Å². The molecule has 6 heteroatoms. The quantitative estimate of drug-likeness (QED) is 0.853. The number of benzene rings is 2. The van der Waals surface area contributed by atoms with E-state index in [0.29, 0.717) is 32.0 Å². The number of rotatable bonds is 4. The first-order valence-corrected chi connectivity index (χ1v) is 9.85. The number of para-hydroxylation sites is 2. The van der Waals surface area contributed by atoms with Crippen molar-refractivity contribution in [2.24, 2.45) is 5.92 Å². The summed E-state index contributed by atoms with van der Waals surface area (Å²) in [6, 6.07) is 17.2. The molecule has 0 aliphatic carbocycles. The van der Waals surface area contributed by atoms with Gasteiger partial charge in [-0.3, -0.25) is 0 Å². The molecule has 2 N–H and O–H groups in total. The van der Waals surface area contributed by atoms with Gasteiger partial charge in [0.05, 0.1) is 12.6 Å². The van der Waals surface area contributed by atoms with Crippen molar-refractivity contribution < 1.29 is 19.4 Å². The van der Waals surface area contributed by atoms with E-state index in [9.17, 15) is 9.90 Å². The number of hydrogen-bond acceptors (Lipinski definition) is 4. The number of ether oxygens (including phenoxy) is 2. The molecule has 4 rings (SSSR count). The molecule has 148 valence electrons. The number of urea groups is 1. The van der Waals surface area contributed by atoms with Gasteiger partial charge in [-0.15, -0.1) is 0 Å². The third-order valence-electron chi connectivity index (χ3n) is 5.46. The van der Waals surface area contributed by atoms with Gasteiger partial charge < -0.3 is 24.8 Å². The lowest BCUT2D eigenvalue weighted by molar-refractivity contribution is 0.0642. The number of amides is 2. The zero-order valence-corrected chi connectivity index (χ0v) is 15.8. The molecule has 2 aliphatic heterocycles. The van der Waals surface area contributed by atoms with E-state index in [1.807, 2.05) is 59.5 Å². The minimum atomic E-state index is -0.473. The number of carbonyl (C=O) groups excluding carboxylic acids is 1. The van der Waals surface area contributed by atoms with Gasteiger partial charge in [-0.1, -0.05) is 42.5 Å². The highest BCUT2D eigenvalue weighted by Gasteiger charge is 2.29. The lowest BCUT2D eigenvalue weighted by Crippen LogP contribution is -2.48. The van der Waals surface area contributed by atoms with Crippen LogP contribution in [0.1, 0.15) is 24.5 Å².